The molecule has 0 radical (unpaired) electrons. The highest BCUT2D eigenvalue weighted by Crippen LogP contribution is 2.37. The van der Waals surface area contributed by atoms with Crippen LogP contribution in [0.3, 0.4) is 0 Å². The molecule has 5 heteroatoms. The van der Waals surface area contributed by atoms with Crippen LogP contribution in [0.25, 0.3) is 0 Å². The summed E-state index contributed by atoms with van der Waals surface area (Å²) in [6.45, 7) is 1.76. The smallest absolute Gasteiger partial charge is 0.255 e. The minimum absolute atomic E-state index is 0.168. The maximum Gasteiger partial charge on any atom is 0.255 e. The summed E-state index contributed by atoms with van der Waals surface area (Å²) in [7, 11) is 0. The number of furan rings is 1. The van der Waals surface area contributed by atoms with Crippen LogP contribution in [0, 0.1) is 12.8 Å². The number of nitrogens with one attached hydrogen (secondary N) is 1. The molecule has 2 N–H and O–H groups in total. The third-order valence-corrected chi connectivity index (χ3v) is 4.02. The maximum atomic E-state index is 12.4. The average molecular weight is 286 g/mol. The lowest BCUT2D eigenvalue weighted by Gasteiger charge is -2.37. The van der Waals surface area contributed by atoms with Crippen molar-refractivity contribution in [2.45, 2.75) is 31.9 Å². The van der Waals surface area contributed by atoms with Gasteiger partial charge in [-0.25, -0.2) is 0 Å². The number of hydrogen-bond acceptors (Lipinski definition) is 4. The normalized spacial score (nSPS) is 22.4. The zero-order valence-corrected chi connectivity index (χ0v) is 11.8. The first-order valence-electron chi connectivity index (χ1n) is 7.09. The lowest BCUT2D eigenvalue weighted by Crippen LogP contribution is -2.41. The van der Waals surface area contributed by atoms with Crippen LogP contribution in [0.1, 0.15) is 40.7 Å². The van der Waals surface area contributed by atoms with Crippen LogP contribution in [0.2, 0.25) is 0 Å². The fraction of sp³-hybridized carbons (Fsp3) is 0.375. The Morgan fingerprint density at radius 2 is 2.24 bits per heavy atom. The van der Waals surface area contributed by atoms with E-state index >= 15 is 0 Å². The van der Waals surface area contributed by atoms with Crippen LogP contribution in [-0.2, 0) is 0 Å². The highest BCUT2D eigenvalue weighted by atomic mass is 16.3. The Balaban J connectivity index is 1.80. The monoisotopic (exact) mass is 286 g/mol. The van der Waals surface area contributed by atoms with Crippen molar-refractivity contribution < 1.29 is 14.3 Å². The first-order valence-corrected chi connectivity index (χ1v) is 7.09. The topological polar surface area (TPSA) is 75.4 Å². The Bertz CT molecular complexity index is 617. The molecule has 2 aromatic rings. The van der Waals surface area contributed by atoms with Crippen molar-refractivity contribution in [1.82, 2.24) is 10.3 Å². The van der Waals surface area contributed by atoms with E-state index in [2.05, 4.69) is 10.3 Å². The van der Waals surface area contributed by atoms with Crippen LogP contribution in [0.15, 0.2) is 41.1 Å². The van der Waals surface area contributed by atoms with Gasteiger partial charge in [0.2, 0.25) is 0 Å². The second-order valence-corrected chi connectivity index (χ2v) is 5.48. The molecule has 1 aliphatic rings. The SMILES string of the molecule is Cc1occc1C(=O)N[C@@H](c1ccccn1)C1CC(O)C1. The fourth-order valence-corrected chi connectivity index (χ4v) is 2.73. The number of pyridine rings is 1. The first-order chi connectivity index (χ1) is 10.1. The number of amides is 1. The summed E-state index contributed by atoms with van der Waals surface area (Å²) >= 11 is 0. The van der Waals surface area contributed by atoms with E-state index in [9.17, 15) is 9.90 Å². The summed E-state index contributed by atoms with van der Waals surface area (Å²) in [6, 6.07) is 7.13. The number of aliphatic hydroxyl groups excluding tert-OH is 1. The lowest BCUT2D eigenvalue weighted by atomic mass is 9.76. The van der Waals surface area contributed by atoms with Gasteiger partial charge in [-0.15, -0.1) is 0 Å². The highest BCUT2D eigenvalue weighted by Gasteiger charge is 2.36. The van der Waals surface area contributed by atoms with Gasteiger partial charge in [-0.2, -0.15) is 0 Å². The number of aliphatic hydroxyl groups is 1. The molecule has 0 saturated heterocycles. The Morgan fingerprint density at radius 1 is 1.43 bits per heavy atom. The molecule has 0 unspecified atom stereocenters. The number of aryl methyl sites for hydroxylation is 1. The molecular formula is C16H18N2O3. The van der Waals surface area contributed by atoms with Gasteiger partial charge in [0, 0.05) is 6.20 Å². The molecule has 110 valence electrons. The number of aromatic nitrogens is 1. The summed E-state index contributed by atoms with van der Waals surface area (Å²) in [5.74, 6) is 0.644. The Labute approximate surface area is 123 Å². The number of carbonyl (C=O) groups excluding carboxylic acids is 1. The van der Waals surface area contributed by atoms with Gasteiger partial charge in [0.05, 0.1) is 29.7 Å². The summed E-state index contributed by atoms with van der Waals surface area (Å²) < 4.78 is 5.17. The molecule has 1 atom stereocenters. The number of nitrogens with zero attached hydrogens (tertiary/aromatic N) is 1. The summed E-state index contributed by atoms with van der Waals surface area (Å²) in [5.41, 5.74) is 1.36. The average Bonchev–Trinajstić information content (AvgIpc) is 2.89. The van der Waals surface area contributed by atoms with E-state index in [0.717, 1.165) is 5.69 Å². The van der Waals surface area contributed by atoms with Crippen LogP contribution in [0.4, 0.5) is 0 Å². The van der Waals surface area contributed by atoms with Crippen molar-refractivity contribution >= 4 is 5.91 Å². The Kier molecular flexibility index (Phi) is 3.75. The molecule has 2 heterocycles. The van der Waals surface area contributed by atoms with Crippen molar-refractivity contribution in [3.63, 3.8) is 0 Å². The molecule has 0 aliphatic heterocycles. The quantitative estimate of drug-likeness (QED) is 0.903. The Hall–Kier alpha value is -2.14. The number of carbonyl (C=O) groups is 1. The van der Waals surface area contributed by atoms with E-state index in [4.69, 9.17) is 4.42 Å². The van der Waals surface area contributed by atoms with E-state index in [0.29, 0.717) is 24.2 Å². The second-order valence-electron chi connectivity index (χ2n) is 5.48. The molecule has 2 aromatic heterocycles. The predicted octanol–water partition coefficient (Wildman–Crippen LogP) is 2.23. The molecule has 0 aromatic carbocycles. The van der Waals surface area contributed by atoms with Gasteiger partial charge < -0.3 is 14.8 Å². The number of hydrogen-bond donors (Lipinski definition) is 2. The van der Waals surface area contributed by atoms with E-state index in [1.165, 1.54) is 6.26 Å². The van der Waals surface area contributed by atoms with E-state index in [-0.39, 0.29) is 24.0 Å². The van der Waals surface area contributed by atoms with Crippen LogP contribution >= 0.6 is 0 Å². The minimum atomic E-state index is -0.270. The van der Waals surface area contributed by atoms with Crippen molar-refractivity contribution in [3.05, 3.63) is 53.7 Å². The van der Waals surface area contributed by atoms with Gasteiger partial charge in [-0.05, 0) is 43.9 Å². The number of rotatable bonds is 4. The standard InChI is InChI=1S/C16H18N2O3/c1-10-13(5-7-21-10)16(20)18-15(11-8-12(19)9-11)14-4-2-3-6-17-14/h2-7,11-12,15,19H,8-9H2,1H3,(H,18,20)/t11?,12?,15-/m1/s1. The Morgan fingerprint density at radius 3 is 2.81 bits per heavy atom. The third kappa shape index (κ3) is 2.83. The van der Waals surface area contributed by atoms with E-state index in [1.807, 2.05) is 18.2 Å². The molecule has 1 fully saturated rings. The van der Waals surface area contributed by atoms with Crippen LogP contribution < -0.4 is 5.32 Å². The zero-order valence-electron chi connectivity index (χ0n) is 11.8. The zero-order chi connectivity index (χ0) is 14.8. The van der Waals surface area contributed by atoms with E-state index < -0.39 is 0 Å². The molecule has 21 heavy (non-hydrogen) atoms. The van der Waals surface area contributed by atoms with Gasteiger partial charge in [0.1, 0.15) is 5.76 Å². The third-order valence-electron chi connectivity index (χ3n) is 4.02. The largest absolute Gasteiger partial charge is 0.469 e. The summed E-state index contributed by atoms with van der Waals surface area (Å²) in [4.78, 5) is 16.7. The van der Waals surface area contributed by atoms with Crippen molar-refractivity contribution in [1.29, 1.82) is 0 Å². The molecule has 1 aliphatic carbocycles. The first kappa shape index (κ1) is 13.8. The molecule has 0 bridgehead atoms. The molecule has 3 rings (SSSR count). The molecule has 5 nitrogen and oxygen atoms in total. The summed E-state index contributed by atoms with van der Waals surface area (Å²) in [5, 5.41) is 12.6. The molecule has 1 amide bonds. The maximum absolute atomic E-state index is 12.4. The van der Waals surface area contributed by atoms with Crippen molar-refractivity contribution in [2.75, 3.05) is 0 Å². The molecule has 0 spiro atoms. The van der Waals surface area contributed by atoms with Crippen molar-refractivity contribution in [2.24, 2.45) is 5.92 Å². The fourth-order valence-electron chi connectivity index (χ4n) is 2.73. The highest BCUT2D eigenvalue weighted by molar-refractivity contribution is 5.95. The summed E-state index contributed by atoms with van der Waals surface area (Å²) in [6.07, 6.45) is 4.33. The predicted molar refractivity (Wildman–Crippen MR) is 76.6 cm³/mol. The van der Waals surface area contributed by atoms with Gasteiger partial charge in [0.25, 0.3) is 5.91 Å². The van der Waals surface area contributed by atoms with Gasteiger partial charge in [-0.1, -0.05) is 6.07 Å². The van der Waals surface area contributed by atoms with Gasteiger partial charge in [0.15, 0.2) is 0 Å². The lowest BCUT2D eigenvalue weighted by molar-refractivity contribution is 0.0228. The minimum Gasteiger partial charge on any atom is -0.469 e. The van der Waals surface area contributed by atoms with Crippen molar-refractivity contribution in [3.8, 4) is 0 Å². The van der Waals surface area contributed by atoms with Crippen LogP contribution in [0.5, 0.6) is 0 Å². The van der Waals surface area contributed by atoms with Crippen LogP contribution in [-0.4, -0.2) is 22.1 Å². The van der Waals surface area contributed by atoms with Gasteiger partial charge >= 0.3 is 0 Å². The molecule has 1 saturated carbocycles. The molecular weight excluding hydrogens is 268 g/mol. The van der Waals surface area contributed by atoms with E-state index in [1.54, 1.807) is 19.2 Å². The van der Waals surface area contributed by atoms with Gasteiger partial charge in [-0.3, -0.25) is 9.78 Å². The second kappa shape index (κ2) is 5.69.